The summed E-state index contributed by atoms with van der Waals surface area (Å²) >= 11 is 0. The molecule has 104 valence electrons. The number of ether oxygens (including phenoxy) is 1. The van der Waals surface area contributed by atoms with Gasteiger partial charge in [-0.15, -0.1) is 0 Å². The lowest BCUT2D eigenvalue weighted by Gasteiger charge is -2.23. The van der Waals surface area contributed by atoms with Gasteiger partial charge in [-0.3, -0.25) is 14.3 Å². The molecule has 1 aliphatic carbocycles. The maximum Gasteiger partial charge on any atom is 0.315 e. The number of rotatable bonds is 4. The number of fused-ring (bicyclic) bond motifs is 1. The Morgan fingerprint density at radius 2 is 2.37 bits per heavy atom. The van der Waals surface area contributed by atoms with Crippen LogP contribution in [0.4, 0.5) is 0 Å². The van der Waals surface area contributed by atoms with E-state index >= 15 is 0 Å². The van der Waals surface area contributed by atoms with Crippen molar-refractivity contribution in [3.05, 3.63) is 17.5 Å². The van der Waals surface area contributed by atoms with E-state index in [1.165, 1.54) is 0 Å². The third-order valence-electron chi connectivity index (χ3n) is 3.32. The quantitative estimate of drug-likeness (QED) is 0.647. The van der Waals surface area contributed by atoms with Crippen LogP contribution in [0.5, 0.6) is 0 Å². The molecule has 1 atom stereocenters. The average Bonchev–Trinajstić information content (AvgIpc) is 2.72. The molecular formula is C13H19N3O3. The summed E-state index contributed by atoms with van der Waals surface area (Å²) < 4.78 is 6.61. The van der Waals surface area contributed by atoms with Gasteiger partial charge in [0.2, 0.25) is 5.91 Å². The number of esters is 1. The van der Waals surface area contributed by atoms with Crippen molar-refractivity contribution in [2.24, 2.45) is 7.05 Å². The number of carbonyl (C=O) groups excluding carboxylic acids is 2. The number of nitrogens with one attached hydrogen (secondary N) is 1. The molecule has 0 aromatic carbocycles. The molecule has 1 aromatic rings. The average molecular weight is 265 g/mol. The number of hydrogen-bond donors (Lipinski definition) is 1. The molecule has 0 spiro atoms. The van der Waals surface area contributed by atoms with E-state index in [1.54, 1.807) is 13.1 Å². The van der Waals surface area contributed by atoms with Crippen molar-refractivity contribution in [3.8, 4) is 0 Å². The van der Waals surface area contributed by atoms with Crippen LogP contribution in [-0.2, 0) is 27.8 Å². The number of aromatic nitrogens is 2. The lowest BCUT2D eigenvalue weighted by molar-refractivity contribution is -0.146. The third-order valence-corrected chi connectivity index (χ3v) is 3.32. The van der Waals surface area contributed by atoms with Crippen LogP contribution in [0.15, 0.2) is 6.20 Å². The Kier molecular flexibility index (Phi) is 4.19. The second-order valence-electron chi connectivity index (χ2n) is 4.66. The van der Waals surface area contributed by atoms with E-state index in [-0.39, 0.29) is 18.4 Å². The number of amides is 1. The van der Waals surface area contributed by atoms with Crippen LogP contribution >= 0.6 is 0 Å². The second-order valence-corrected chi connectivity index (χ2v) is 4.66. The van der Waals surface area contributed by atoms with Crippen LogP contribution in [-0.4, -0.2) is 28.3 Å². The van der Waals surface area contributed by atoms with Gasteiger partial charge in [0.05, 0.1) is 18.8 Å². The summed E-state index contributed by atoms with van der Waals surface area (Å²) in [7, 11) is 1.90. The Morgan fingerprint density at radius 1 is 1.58 bits per heavy atom. The summed E-state index contributed by atoms with van der Waals surface area (Å²) in [6.07, 6.45) is 4.45. The summed E-state index contributed by atoms with van der Waals surface area (Å²) in [6.45, 7) is 2.02. The van der Waals surface area contributed by atoms with E-state index in [4.69, 9.17) is 4.74 Å². The van der Waals surface area contributed by atoms with Crippen molar-refractivity contribution in [3.63, 3.8) is 0 Å². The van der Waals surface area contributed by atoms with E-state index in [9.17, 15) is 9.59 Å². The zero-order chi connectivity index (χ0) is 13.8. The first-order chi connectivity index (χ1) is 9.11. The van der Waals surface area contributed by atoms with Crippen molar-refractivity contribution in [2.45, 2.75) is 38.6 Å². The highest BCUT2D eigenvalue weighted by atomic mass is 16.5. The van der Waals surface area contributed by atoms with Gasteiger partial charge >= 0.3 is 5.97 Å². The molecule has 1 N–H and O–H groups in total. The smallest absolute Gasteiger partial charge is 0.315 e. The van der Waals surface area contributed by atoms with Crippen LogP contribution in [0, 0.1) is 0 Å². The van der Waals surface area contributed by atoms with E-state index in [0.717, 1.165) is 30.5 Å². The fraction of sp³-hybridized carbons (Fsp3) is 0.615. The van der Waals surface area contributed by atoms with Gasteiger partial charge in [0.15, 0.2) is 0 Å². The minimum Gasteiger partial charge on any atom is -0.466 e. The first kappa shape index (κ1) is 13.6. The lowest BCUT2D eigenvalue weighted by Crippen LogP contribution is -2.32. The predicted molar refractivity (Wildman–Crippen MR) is 68.3 cm³/mol. The Morgan fingerprint density at radius 3 is 3.11 bits per heavy atom. The number of carbonyl (C=O) groups is 2. The zero-order valence-electron chi connectivity index (χ0n) is 11.3. The van der Waals surface area contributed by atoms with Crippen LogP contribution in [0.2, 0.25) is 0 Å². The molecule has 0 saturated carbocycles. The monoisotopic (exact) mass is 265 g/mol. The van der Waals surface area contributed by atoms with E-state index in [0.29, 0.717) is 6.61 Å². The molecule has 0 saturated heterocycles. The molecule has 1 aromatic heterocycles. The Balaban J connectivity index is 1.97. The Bertz CT molecular complexity index is 481. The van der Waals surface area contributed by atoms with Gasteiger partial charge in [0.25, 0.3) is 0 Å². The molecule has 2 rings (SSSR count). The molecule has 0 aliphatic heterocycles. The molecule has 0 bridgehead atoms. The van der Waals surface area contributed by atoms with Gasteiger partial charge in [-0.1, -0.05) is 0 Å². The lowest BCUT2D eigenvalue weighted by atomic mass is 9.93. The number of aryl methyl sites for hydroxylation is 1. The normalized spacial score (nSPS) is 17.7. The largest absolute Gasteiger partial charge is 0.466 e. The van der Waals surface area contributed by atoms with Gasteiger partial charge in [-0.2, -0.15) is 5.10 Å². The molecule has 1 unspecified atom stereocenters. The van der Waals surface area contributed by atoms with E-state index in [2.05, 4.69) is 10.4 Å². The second kappa shape index (κ2) is 5.86. The molecule has 6 nitrogen and oxygen atoms in total. The van der Waals surface area contributed by atoms with Crippen molar-refractivity contribution >= 4 is 11.9 Å². The molecule has 6 heteroatoms. The summed E-state index contributed by atoms with van der Waals surface area (Å²) in [6, 6.07) is -0.0422. The van der Waals surface area contributed by atoms with E-state index in [1.807, 2.05) is 11.7 Å². The van der Waals surface area contributed by atoms with Crippen LogP contribution in [0.25, 0.3) is 0 Å². The molecule has 0 radical (unpaired) electrons. The fourth-order valence-electron chi connectivity index (χ4n) is 2.44. The summed E-state index contributed by atoms with van der Waals surface area (Å²) in [5.41, 5.74) is 2.22. The van der Waals surface area contributed by atoms with Crippen molar-refractivity contribution in [1.82, 2.24) is 15.1 Å². The van der Waals surface area contributed by atoms with E-state index < -0.39 is 5.97 Å². The van der Waals surface area contributed by atoms with Gasteiger partial charge in [-0.05, 0) is 26.2 Å². The summed E-state index contributed by atoms with van der Waals surface area (Å²) in [5, 5.41) is 7.10. The van der Waals surface area contributed by atoms with Gasteiger partial charge in [0.1, 0.15) is 6.42 Å². The van der Waals surface area contributed by atoms with Gasteiger partial charge in [-0.25, -0.2) is 0 Å². The molecule has 1 aliphatic rings. The molecule has 0 fully saturated rings. The molecule has 1 amide bonds. The maximum absolute atomic E-state index is 11.8. The highest BCUT2D eigenvalue weighted by molar-refractivity contribution is 5.94. The standard InChI is InChI=1S/C13H19N3O3/c1-3-19-13(18)7-12(17)15-10-5-4-6-11-9(10)8-14-16(11)2/h8,10H,3-7H2,1-2H3,(H,15,17). The Labute approximate surface area is 112 Å². The molecular weight excluding hydrogens is 246 g/mol. The minimum absolute atomic E-state index is 0.0422. The zero-order valence-corrected chi connectivity index (χ0v) is 11.3. The SMILES string of the molecule is CCOC(=O)CC(=O)NC1CCCc2c1cnn2C. The van der Waals surface area contributed by atoms with Crippen LogP contribution in [0.1, 0.15) is 43.5 Å². The topological polar surface area (TPSA) is 73.2 Å². The highest BCUT2D eigenvalue weighted by Crippen LogP contribution is 2.29. The fourth-order valence-corrected chi connectivity index (χ4v) is 2.44. The molecule has 19 heavy (non-hydrogen) atoms. The summed E-state index contributed by atoms with van der Waals surface area (Å²) in [5.74, 6) is -0.776. The van der Waals surface area contributed by atoms with Crippen molar-refractivity contribution in [1.29, 1.82) is 0 Å². The predicted octanol–water partition coefficient (Wildman–Crippen LogP) is 0.867. The highest BCUT2D eigenvalue weighted by Gasteiger charge is 2.25. The Hall–Kier alpha value is -1.85. The summed E-state index contributed by atoms with van der Waals surface area (Å²) in [4.78, 5) is 23.0. The number of hydrogen-bond acceptors (Lipinski definition) is 4. The van der Waals surface area contributed by atoms with Crippen LogP contribution < -0.4 is 5.32 Å². The third kappa shape index (κ3) is 3.13. The number of nitrogens with zero attached hydrogens (tertiary/aromatic N) is 2. The van der Waals surface area contributed by atoms with Crippen molar-refractivity contribution < 1.29 is 14.3 Å². The first-order valence-electron chi connectivity index (χ1n) is 6.57. The maximum atomic E-state index is 11.8. The van der Waals surface area contributed by atoms with Crippen LogP contribution in [0.3, 0.4) is 0 Å². The molecule has 1 heterocycles. The van der Waals surface area contributed by atoms with Gasteiger partial charge < -0.3 is 10.1 Å². The van der Waals surface area contributed by atoms with Gasteiger partial charge in [0, 0.05) is 18.3 Å². The van der Waals surface area contributed by atoms with Crippen molar-refractivity contribution in [2.75, 3.05) is 6.61 Å². The minimum atomic E-state index is -0.484. The first-order valence-corrected chi connectivity index (χ1v) is 6.57.